The normalized spacial score (nSPS) is 12.4. The van der Waals surface area contributed by atoms with Crippen LogP contribution in [0, 0.1) is 20.8 Å². The van der Waals surface area contributed by atoms with Crippen LogP contribution in [-0.2, 0) is 26.2 Å². The molecule has 0 heterocycles. The fraction of sp³-hybridized carbons (Fsp3) is 0.394. The van der Waals surface area contributed by atoms with E-state index in [4.69, 9.17) is 4.74 Å². The maximum atomic E-state index is 14.3. The third-order valence-electron chi connectivity index (χ3n) is 6.75. The van der Waals surface area contributed by atoms with E-state index in [2.05, 4.69) is 5.32 Å². The highest BCUT2D eigenvalue weighted by Gasteiger charge is 2.34. The molecule has 42 heavy (non-hydrogen) atoms. The quantitative estimate of drug-likeness (QED) is 0.315. The predicted octanol–water partition coefficient (Wildman–Crippen LogP) is 5.54. The van der Waals surface area contributed by atoms with Gasteiger partial charge in [0.25, 0.3) is 10.0 Å². The number of aryl methyl sites for hydroxylation is 3. The highest BCUT2D eigenvalue weighted by atomic mass is 32.2. The molecule has 2 amide bonds. The average Bonchev–Trinajstić information content (AvgIpc) is 2.90. The first-order valence-electron chi connectivity index (χ1n) is 14.1. The van der Waals surface area contributed by atoms with E-state index in [1.807, 2.05) is 66.7 Å². The minimum atomic E-state index is -4.13. The molecule has 3 rings (SSSR count). The van der Waals surface area contributed by atoms with Crippen LogP contribution in [0.4, 0.5) is 5.69 Å². The van der Waals surface area contributed by atoms with Crippen LogP contribution in [0.5, 0.6) is 5.75 Å². The van der Waals surface area contributed by atoms with Crippen LogP contribution in [0.1, 0.15) is 56.4 Å². The SMILES string of the molecule is CC[C@@H](C(=O)NC(C)(C)C)N(Cc1cccc(OC)c1)C(=O)CN(c1cc(C)cc(C)c1)S(=O)(=O)c1ccc(C)cc1. The molecule has 226 valence electrons. The van der Waals surface area contributed by atoms with E-state index in [9.17, 15) is 18.0 Å². The van der Waals surface area contributed by atoms with Crippen molar-refractivity contribution in [3.8, 4) is 5.75 Å². The van der Waals surface area contributed by atoms with E-state index in [1.54, 1.807) is 55.6 Å². The van der Waals surface area contributed by atoms with Crippen molar-refractivity contribution in [3.63, 3.8) is 0 Å². The van der Waals surface area contributed by atoms with Crippen LogP contribution in [0.15, 0.2) is 71.6 Å². The number of ether oxygens (including phenoxy) is 1. The third kappa shape index (κ3) is 8.35. The molecule has 0 aliphatic carbocycles. The Morgan fingerprint density at radius 3 is 2.07 bits per heavy atom. The standard InChI is InChI=1S/C33H43N3O5S/c1-9-30(32(38)34-33(5,6)7)35(21-26-11-10-12-28(20-26)41-8)31(37)22-36(27-18-24(3)17-25(4)19-27)42(39,40)29-15-13-23(2)14-16-29/h10-20,30H,9,21-22H2,1-8H3,(H,34,38)/t30-/m0/s1. The topological polar surface area (TPSA) is 96.0 Å². The van der Waals surface area contributed by atoms with Gasteiger partial charge < -0.3 is 15.0 Å². The summed E-state index contributed by atoms with van der Waals surface area (Å²) in [6.45, 7) is 12.7. The fourth-order valence-corrected chi connectivity index (χ4v) is 6.20. The van der Waals surface area contributed by atoms with Gasteiger partial charge in [0.15, 0.2) is 0 Å². The largest absolute Gasteiger partial charge is 0.497 e. The smallest absolute Gasteiger partial charge is 0.264 e. The Balaban J connectivity index is 2.11. The molecule has 1 atom stereocenters. The van der Waals surface area contributed by atoms with Crippen LogP contribution in [0.2, 0.25) is 0 Å². The van der Waals surface area contributed by atoms with Crippen molar-refractivity contribution in [2.45, 2.75) is 77.9 Å². The van der Waals surface area contributed by atoms with Crippen molar-refractivity contribution in [3.05, 3.63) is 89.0 Å². The zero-order chi connectivity index (χ0) is 31.2. The molecule has 8 nitrogen and oxygen atoms in total. The second-order valence-electron chi connectivity index (χ2n) is 11.7. The van der Waals surface area contributed by atoms with Crippen molar-refractivity contribution >= 4 is 27.5 Å². The summed E-state index contributed by atoms with van der Waals surface area (Å²) in [5, 5.41) is 2.99. The van der Waals surface area contributed by atoms with Gasteiger partial charge in [-0.2, -0.15) is 0 Å². The molecule has 3 aromatic rings. The summed E-state index contributed by atoms with van der Waals surface area (Å²) >= 11 is 0. The first-order chi connectivity index (χ1) is 19.6. The average molecular weight is 594 g/mol. The number of carbonyl (C=O) groups is 2. The van der Waals surface area contributed by atoms with Gasteiger partial charge in [0.2, 0.25) is 11.8 Å². The van der Waals surface area contributed by atoms with Crippen LogP contribution in [-0.4, -0.2) is 50.4 Å². The maximum Gasteiger partial charge on any atom is 0.264 e. The molecular weight excluding hydrogens is 550 g/mol. The molecule has 0 saturated heterocycles. The van der Waals surface area contributed by atoms with Crippen LogP contribution in [0.25, 0.3) is 0 Å². The minimum absolute atomic E-state index is 0.0805. The Bertz CT molecular complexity index is 1490. The lowest BCUT2D eigenvalue weighted by molar-refractivity contribution is -0.141. The Morgan fingerprint density at radius 2 is 1.52 bits per heavy atom. The lowest BCUT2D eigenvalue weighted by atomic mass is 10.1. The molecule has 0 fully saturated rings. The number of nitrogens with zero attached hydrogens (tertiary/aromatic N) is 2. The summed E-state index contributed by atoms with van der Waals surface area (Å²) in [6.07, 6.45) is 0.339. The first-order valence-corrected chi connectivity index (χ1v) is 15.5. The summed E-state index contributed by atoms with van der Waals surface area (Å²) in [7, 11) is -2.57. The van der Waals surface area contributed by atoms with Gasteiger partial charge in [-0.15, -0.1) is 0 Å². The fourth-order valence-electron chi connectivity index (χ4n) is 4.80. The number of hydrogen-bond acceptors (Lipinski definition) is 5. The Labute approximate surface area is 250 Å². The third-order valence-corrected chi connectivity index (χ3v) is 8.54. The highest BCUT2D eigenvalue weighted by Crippen LogP contribution is 2.27. The molecule has 0 spiro atoms. The summed E-state index contributed by atoms with van der Waals surface area (Å²) in [5.41, 5.74) is 3.27. The number of carbonyl (C=O) groups excluding carboxylic acids is 2. The Morgan fingerprint density at radius 1 is 0.905 bits per heavy atom. The van der Waals surface area contributed by atoms with Gasteiger partial charge in [0.05, 0.1) is 17.7 Å². The van der Waals surface area contributed by atoms with Gasteiger partial charge in [0.1, 0.15) is 18.3 Å². The molecule has 0 bridgehead atoms. The molecule has 0 aliphatic heterocycles. The van der Waals surface area contributed by atoms with Gasteiger partial charge in [-0.1, -0.05) is 42.8 Å². The number of methoxy groups -OCH3 is 1. The van der Waals surface area contributed by atoms with Crippen molar-refractivity contribution in [1.82, 2.24) is 10.2 Å². The van der Waals surface area contributed by atoms with E-state index >= 15 is 0 Å². The number of nitrogens with one attached hydrogen (secondary N) is 1. The molecule has 0 unspecified atom stereocenters. The van der Waals surface area contributed by atoms with E-state index < -0.39 is 34.1 Å². The zero-order valence-corrected chi connectivity index (χ0v) is 26.7. The molecule has 3 aromatic carbocycles. The van der Waals surface area contributed by atoms with Crippen molar-refractivity contribution in [1.29, 1.82) is 0 Å². The minimum Gasteiger partial charge on any atom is -0.497 e. The van der Waals surface area contributed by atoms with Crippen molar-refractivity contribution in [2.24, 2.45) is 0 Å². The van der Waals surface area contributed by atoms with Crippen molar-refractivity contribution in [2.75, 3.05) is 18.0 Å². The summed E-state index contributed by atoms with van der Waals surface area (Å²) in [4.78, 5) is 29.3. The number of sulfonamides is 1. The van der Waals surface area contributed by atoms with Crippen LogP contribution in [0.3, 0.4) is 0 Å². The number of rotatable bonds is 11. The molecule has 0 aliphatic rings. The van der Waals surface area contributed by atoms with E-state index in [-0.39, 0.29) is 17.3 Å². The summed E-state index contributed by atoms with van der Waals surface area (Å²) < 4.78 is 34.7. The van der Waals surface area contributed by atoms with Gasteiger partial charge >= 0.3 is 0 Å². The molecule has 0 radical (unpaired) electrons. The summed E-state index contributed by atoms with van der Waals surface area (Å²) in [5.74, 6) is -0.185. The van der Waals surface area contributed by atoms with E-state index in [0.717, 1.165) is 26.6 Å². The number of benzene rings is 3. The highest BCUT2D eigenvalue weighted by molar-refractivity contribution is 7.92. The molecule has 1 N–H and O–H groups in total. The zero-order valence-electron chi connectivity index (χ0n) is 25.9. The monoisotopic (exact) mass is 593 g/mol. The second kappa shape index (κ2) is 13.4. The van der Waals surface area contributed by atoms with Gasteiger partial charge in [0, 0.05) is 12.1 Å². The van der Waals surface area contributed by atoms with Gasteiger partial charge in [-0.25, -0.2) is 8.42 Å². The molecular formula is C33H43N3O5S. The molecule has 0 aromatic heterocycles. The number of amides is 2. The second-order valence-corrected chi connectivity index (χ2v) is 13.6. The maximum absolute atomic E-state index is 14.3. The van der Waals surface area contributed by atoms with Crippen molar-refractivity contribution < 1.29 is 22.7 Å². The van der Waals surface area contributed by atoms with E-state index in [1.165, 1.54) is 4.90 Å². The number of anilines is 1. The van der Waals surface area contributed by atoms with Gasteiger partial charge in [-0.3, -0.25) is 13.9 Å². The van der Waals surface area contributed by atoms with E-state index in [0.29, 0.717) is 17.9 Å². The summed E-state index contributed by atoms with van der Waals surface area (Å²) in [6, 6.07) is 18.4. The number of hydrogen-bond donors (Lipinski definition) is 1. The lowest BCUT2D eigenvalue weighted by Gasteiger charge is -2.35. The van der Waals surface area contributed by atoms with Gasteiger partial charge in [-0.05, 0) is 101 Å². The first kappa shape index (κ1) is 32.7. The lowest BCUT2D eigenvalue weighted by Crippen LogP contribution is -2.55. The molecule has 9 heteroatoms. The Hall–Kier alpha value is -3.85. The molecule has 0 saturated carbocycles. The Kier molecular flexibility index (Phi) is 10.4. The van der Waals surface area contributed by atoms with Crippen LogP contribution < -0.4 is 14.4 Å². The van der Waals surface area contributed by atoms with Crippen LogP contribution >= 0.6 is 0 Å². The predicted molar refractivity (Wildman–Crippen MR) is 167 cm³/mol.